The van der Waals surface area contributed by atoms with E-state index in [9.17, 15) is 29.4 Å². The summed E-state index contributed by atoms with van der Waals surface area (Å²) in [4.78, 5) is 59.5. The van der Waals surface area contributed by atoms with Crippen LogP contribution in [0.2, 0.25) is 0 Å². The maximum Gasteiger partial charge on any atom is 0.320 e. The SMILES string of the molecule is CC.CCC(C)(C)C.CCC=O.CCCC(C(=O)O)N1CCN(CC)CCN(CC(=O)O)CCN(CC(=O)O)CC1.CS.O=CO. The summed E-state index contributed by atoms with van der Waals surface area (Å²) in [6.07, 6.45) is 5.79. The molecule has 1 atom stereocenters. The third-order valence-electron chi connectivity index (χ3n) is 6.55. The van der Waals surface area contributed by atoms with Crippen molar-refractivity contribution in [1.29, 1.82) is 0 Å². The van der Waals surface area contributed by atoms with Crippen LogP contribution in [0.5, 0.6) is 0 Å². The fraction of sp³-hybridized carbons (Fsp3) is 0.844. The molecule has 0 aromatic heterocycles. The van der Waals surface area contributed by atoms with Crippen LogP contribution in [0, 0.1) is 5.41 Å². The number of aldehydes is 1. The largest absolute Gasteiger partial charge is 0.483 e. The summed E-state index contributed by atoms with van der Waals surface area (Å²) in [5, 5.41) is 34.9. The Hall–Kier alpha value is -2.26. The fourth-order valence-electron chi connectivity index (χ4n) is 3.62. The Bertz CT molecular complexity index is 741. The number of carbonyl (C=O) groups excluding carboxylic acids is 1. The maximum atomic E-state index is 11.8. The molecule has 0 amide bonds. The van der Waals surface area contributed by atoms with Crippen molar-refractivity contribution >= 4 is 43.3 Å². The van der Waals surface area contributed by atoms with Gasteiger partial charge in [-0.05, 0) is 24.6 Å². The molecule has 1 heterocycles. The van der Waals surface area contributed by atoms with Crippen LogP contribution >= 0.6 is 12.6 Å². The fourth-order valence-corrected chi connectivity index (χ4v) is 3.62. The number of carboxylic acids is 3. The lowest BCUT2D eigenvalue weighted by Gasteiger charge is -2.35. The van der Waals surface area contributed by atoms with E-state index in [1.807, 2.05) is 44.4 Å². The Morgan fingerprint density at radius 1 is 0.739 bits per heavy atom. The van der Waals surface area contributed by atoms with Crippen LogP contribution in [0.1, 0.15) is 88.0 Å². The predicted octanol–water partition coefficient (Wildman–Crippen LogP) is 3.96. The number of rotatable bonds is 10. The van der Waals surface area contributed by atoms with E-state index >= 15 is 0 Å². The van der Waals surface area contributed by atoms with Crippen molar-refractivity contribution in [2.45, 2.75) is 94.0 Å². The zero-order chi connectivity index (χ0) is 37.1. The molecule has 0 spiro atoms. The number of likely N-dealkylation sites (N-methyl/N-ethyl adjacent to an activating group) is 1. The van der Waals surface area contributed by atoms with Crippen molar-refractivity contribution < 1.29 is 44.4 Å². The minimum atomic E-state index is -0.950. The summed E-state index contributed by atoms with van der Waals surface area (Å²) in [5.74, 6) is -2.70. The van der Waals surface area contributed by atoms with E-state index < -0.39 is 23.9 Å². The number of carboxylic acid groups (broad SMARTS) is 4. The topological polar surface area (TPSA) is 179 Å². The highest BCUT2D eigenvalue weighted by Crippen LogP contribution is 2.16. The van der Waals surface area contributed by atoms with Crippen molar-refractivity contribution in [3.05, 3.63) is 0 Å². The van der Waals surface area contributed by atoms with Gasteiger partial charge in [-0.1, -0.05) is 75.2 Å². The molecular formula is C32H68N4O9S. The zero-order valence-corrected chi connectivity index (χ0v) is 31.3. The van der Waals surface area contributed by atoms with Crippen molar-refractivity contribution in [3.63, 3.8) is 0 Å². The lowest BCUT2D eigenvalue weighted by Crippen LogP contribution is -2.51. The number of hydrogen-bond donors (Lipinski definition) is 5. The maximum absolute atomic E-state index is 11.8. The van der Waals surface area contributed by atoms with Crippen LogP contribution in [0.25, 0.3) is 0 Å². The molecule has 1 unspecified atom stereocenters. The normalized spacial score (nSPS) is 15.5. The number of thiol groups is 1. The van der Waals surface area contributed by atoms with Crippen molar-refractivity contribution in [2.24, 2.45) is 5.41 Å². The van der Waals surface area contributed by atoms with Crippen molar-refractivity contribution in [3.8, 4) is 0 Å². The van der Waals surface area contributed by atoms with Gasteiger partial charge in [-0.15, -0.1) is 0 Å². The van der Waals surface area contributed by atoms with E-state index in [0.717, 1.165) is 19.3 Å². The van der Waals surface area contributed by atoms with Crippen LogP contribution < -0.4 is 0 Å². The van der Waals surface area contributed by atoms with E-state index in [1.54, 1.807) is 11.2 Å². The molecule has 0 radical (unpaired) electrons. The van der Waals surface area contributed by atoms with Gasteiger partial charge in [-0.2, -0.15) is 12.6 Å². The molecule has 0 aliphatic carbocycles. The molecule has 1 saturated heterocycles. The predicted molar refractivity (Wildman–Crippen MR) is 189 cm³/mol. The number of carbonyl (C=O) groups is 5. The quantitative estimate of drug-likeness (QED) is 0.165. The van der Waals surface area contributed by atoms with Gasteiger partial charge in [-0.25, -0.2) is 0 Å². The molecular weight excluding hydrogens is 616 g/mol. The summed E-state index contributed by atoms with van der Waals surface area (Å²) in [6.45, 7) is 23.3. The molecule has 4 N–H and O–H groups in total. The first-order valence-corrected chi connectivity index (χ1v) is 17.1. The molecule has 0 saturated carbocycles. The molecule has 1 aliphatic heterocycles. The Morgan fingerprint density at radius 3 is 1.28 bits per heavy atom. The smallest absolute Gasteiger partial charge is 0.320 e. The lowest BCUT2D eigenvalue weighted by molar-refractivity contribution is -0.144. The van der Waals surface area contributed by atoms with Crippen LogP contribution in [-0.2, 0) is 24.0 Å². The van der Waals surface area contributed by atoms with Gasteiger partial charge in [0.1, 0.15) is 12.3 Å². The Kier molecular flexibility index (Phi) is 43.1. The van der Waals surface area contributed by atoms with Crippen molar-refractivity contribution in [1.82, 2.24) is 19.6 Å². The molecule has 0 bridgehead atoms. The highest BCUT2D eigenvalue weighted by atomic mass is 32.1. The van der Waals surface area contributed by atoms with Gasteiger partial charge < -0.3 is 30.1 Å². The molecule has 276 valence electrons. The van der Waals surface area contributed by atoms with E-state index in [1.165, 1.54) is 6.42 Å². The van der Waals surface area contributed by atoms with E-state index in [-0.39, 0.29) is 19.6 Å². The van der Waals surface area contributed by atoms with Gasteiger partial charge >= 0.3 is 17.9 Å². The van der Waals surface area contributed by atoms with Gasteiger partial charge in [0.2, 0.25) is 0 Å². The molecule has 1 fully saturated rings. The third kappa shape index (κ3) is 37.9. The lowest BCUT2D eigenvalue weighted by atomic mass is 9.94. The van der Waals surface area contributed by atoms with Gasteiger partial charge in [0.15, 0.2) is 0 Å². The Balaban J connectivity index is -0.000000273. The minimum Gasteiger partial charge on any atom is -0.483 e. The van der Waals surface area contributed by atoms with Crippen LogP contribution in [0.15, 0.2) is 0 Å². The summed E-state index contributed by atoms with van der Waals surface area (Å²) >= 11 is 3.53. The minimum absolute atomic E-state index is 0.0812. The molecule has 46 heavy (non-hydrogen) atoms. The van der Waals surface area contributed by atoms with Crippen LogP contribution in [0.3, 0.4) is 0 Å². The van der Waals surface area contributed by atoms with Crippen LogP contribution in [-0.4, -0.2) is 155 Å². The summed E-state index contributed by atoms with van der Waals surface area (Å²) in [5.41, 5.74) is 0.542. The first-order chi connectivity index (χ1) is 21.6. The second-order valence-electron chi connectivity index (χ2n) is 11.0. The molecule has 0 aromatic carbocycles. The van der Waals surface area contributed by atoms with E-state index in [0.29, 0.717) is 70.6 Å². The highest BCUT2D eigenvalue weighted by Gasteiger charge is 2.26. The third-order valence-corrected chi connectivity index (χ3v) is 6.55. The average Bonchev–Trinajstić information content (AvgIpc) is 3.01. The molecule has 13 nitrogen and oxygen atoms in total. The number of nitrogens with zero attached hydrogens (tertiary/aromatic N) is 4. The Morgan fingerprint density at radius 2 is 1.04 bits per heavy atom. The second kappa shape index (κ2) is 37.2. The van der Waals surface area contributed by atoms with Gasteiger partial charge in [-0.3, -0.25) is 33.9 Å². The van der Waals surface area contributed by atoms with E-state index in [4.69, 9.17) is 15.0 Å². The van der Waals surface area contributed by atoms with Gasteiger partial charge in [0.05, 0.1) is 13.1 Å². The monoisotopic (exact) mass is 684 g/mol. The first kappa shape index (κ1) is 53.2. The number of hydrogen-bond acceptors (Lipinski definition) is 10. The summed E-state index contributed by atoms with van der Waals surface area (Å²) in [7, 11) is 0. The average molecular weight is 685 g/mol. The molecule has 1 rings (SSSR count). The molecule has 14 heteroatoms. The number of aliphatic carboxylic acids is 3. The van der Waals surface area contributed by atoms with Crippen LogP contribution in [0.4, 0.5) is 0 Å². The first-order valence-electron chi connectivity index (χ1n) is 16.2. The molecule has 0 aromatic rings. The zero-order valence-electron chi connectivity index (χ0n) is 30.4. The van der Waals surface area contributed by atoms with E-state index in [2.05, 4.69) is 45.2 Å². The van der Waals surface area contributed by atoms with Gasteiger partial charge in [0, 0.05) is 58.8 Å². The second-order valence-corrected chi connectivity index (χ2v) is 11.0. The molecule has 1 aliphatic rings. The standard InChI is InChI=1S/C19H36N4O6.C6H14.C3H6O.C2H6.CH2O2.CH4S/c1-3-5-16(19(28)29)23-12-10-20(4-2)6-7-21(14-17(24)25)8-9-22(11-13-23)15-18(26)27;1-5-6(2,3)4;1-2-3-4;1-2;2-1-3;1-2/h16H,3-15H2,1-2H3,(H,24,25)(H,26,27)(H,28,29);5H2,1-4H3;3H,2H2,1H3;1-2H3;1H,(H,2,3);2H,1H3. The Labute approximate surface area is 284 Å². The summed E-state index contributed by atoms with van der Waals surface area (Å²) < 4.78 is 0. The van der Waals surface area contributed by atoms with Gasteiger partial charge in [0.25, 0.3) is 6.47 Å². The van der Waals surface area contributed by atoms with Crippen molar-refractivity contribution in [2.75, 3.05) is 78.2 Å². The highest BCUT2D eigenvalue weighted by molar-refractivity contribution is 7.79. The summed E-state index contributed by atoms with van der Waals surface area (Å²) in [6, 6.07) is -0.586.